The van der Waals surface area contributed by atoms with Crippen molar-refractivity contribution in [1.29, 1.82) is 0 Å². The zero-order valence-electron chi connectivity index (χ0n) is 18.6. The third-order valence-corrected chi connectivity index (χ3v) is 5.83. The fourth-order valence-electron chi connectivity index (χ4n) is 4.51. The van der Waals surface area contributed by atoms with Gasteiger partial charge in [-0.3, -0.25) is 14.6 Å². The van der Waals surface area contributed by atoms with Crippen LogP contribution in [0.3, 0.4) is 0 Å². The number of ether oxygens (including phenoxy) is 4. The molecule has 1 aliphatic heterocycles. The van der Waals surface area contributed by atoms with Gasteiger partial charge in [0, 0.05) is 41.0 Å². The summed E-state index contributed by atoms with van der Waals surface area (Å²) >= 11 is 0. The Morgan fingerprint density at radius 1 is 1.00 bits per heavy atom. The molecule has 0 fully saturated rings. The normalized spacial score (nSPS) is 22.8. The number of esters is 1. The van der Waals surface area contributed by atoms with Crippen LogP contribution >= 0.6 is 0 Å². The number of ketones is 1. The van der Waals surface area contributed by atoms with E-state index in [0.29, 0.717) is 46.9 Å². The maximum absolute atomic E-state index is 13.3. The number of carbonyl (C=O) groups is 2. The van der Waals surface area contributed by atoms with Crippen LogP contribution in [0.25, 0.3) is 0 Å². The van der Waals surface area contributed by atoms with Crippen LogP contribution in [0.2, 0.25) is 0 Å². The largest absolute Gasteiger partial charge is 0.496 e. The first kappa shape index (κ1) is 21.9. The second-order valence-corrected chi connectivity index (χ2v) is 8.48. The molecular weight excluding hydrogens is 386 g/mol. The SMILES string of the molecule is COC(=O)C1C(C)=NC2=C(C(=O)CC(C)(C)C2)[C@@H]1c1cc(OC)c(OC)cc1OC. The summed E-state index contributed by atoms with van der Waals surface area (Å²) in [6.07, 6.45) is 1.05. The van der Waals surface area contributed by atoms with Crippen molar-refractivity contribution in [3.8, 4) is 17.2 Å². The lowest BCUT2D eigenvalue weighted by molar-refractivity contribution is -0.143. The molecule has 0 saturated carbocycles. The van der Waals surface area contributed by atoms with Crippen molar-refractivity contribution in [2.24, 2.45) is 16.3 Å². The van der Waals surface area contributed by atoms with E-state index in [2.05, 4.69) is 18.8 Å². The van der Waals surface area contributed by atoms with Gasteiger partial charge in [0.25, 0.3) is 0 Å². The molecule has 1 aromatic rings. The molecular formula is C23H29NO6. The van der Waals surface area contributed by atoms with Gasteiger partial charge < -0.3 is 18.9 Å². The first-order valence-electron chi connectivity index (χ1n) is 9.86. The molecule has 0 aromatic heterocycles. The molecule has 2 atom stereocenters. The number of methoxy groups -OCH3 is 4. The van der Waals surface area contributed by atoms with E-state index < -0.39 is 17.8 Å². The Kier molecular flexibility index (Phi) is 5.92. The summed E-state index contributed by atoms with van der Waals surface area (Å²) in [4.78, 5) is 30.8. The minimum absolute atomic E-state index is 0.00626. The molecule has 1 aliphatic carbocycles. The summed E-state index contributed by atoms with van der Waals surface area (Å²) in [5, 5.41) is 0. The number of Topliss-reactive ketones (excluding diaryl/α,β-unsaturated/α-hetero) is 1. The molecule has 7 nitrogen and oxygen atoms in total. The fraction of sp³-hybridized carbons (Fsp3) is 0.522. The number of allylic oxidation sites excluding steroid dienone is 2. The molecule has 30 heavy (non-hydrogen) atoms. The molecule has 0 radical (unpaired) electrons. The minimum atomic E-state index is -0.731. The lowest BCUT2D eigenvalue weighted by Gasteiger charge is -2.39. The van der Waals surface area contributed by atoms with Crippen LogP contribution in [0.15, 0.2) is 28.4 Å². The number of carbonyl (C=O) groups excluding carboxylic acids is 2. The zero-order valence-corrected chi connectivity index (χ0v) is 18.6. The summed E-state index contributed by atoms with van der Waals surface area (Å²) in [6, 6.07) is 3.48. The standard InChI is InChI=1S/C23H29NO6/c1-12-19(22(26)30-7)20(21-14(24-12)10-23(2,3)11-15(21)25)13-8-17(28-5)18(29-6)9-16(13)27-4/h8-9,19-20H,10-11H2,1-7H3/t19?,20-/m1/s1. The Bertz CT molecular complexity index is 943. The van der Waals surface area contributed by atoms with E-state index in [1.54, 1.807) is 40.4 Å². The van der Waals surface area contributed by atoms with Crippen molar-refractivity contribution in [2.75, 3.05) is 28.4 Å². The first-order valence-corrected chi connectivity index (χ1v) is 9.86. The van der Waals surface area contributed by atoms with Gasteiger partial charge >= 0.3 is 5.97 Å². The smallest absolute Gasteiger partial charge is 0.315 e. The number of rotatable bonds is 5. The van der Waals surface area contributed by atoms with Gasteiger partial charge in [-0.25, -0.2) is 0 Å². The first-order chi connectivity index (χ1) is 14.2. The molecule has 0 spiro atoms. The highest BCUT2D eigenvalue weighted by molar-refractivity contribution is 6.09. The quantitative estimate of drug-likeness (QED) is 0.682. The average Bonchev–Trinajstić information content (AvgIpc) is 2.70. The van der Waals surface area contributed by atoms with E-state index in [1.807, 2.05) is 0 Å². The highest BCUT2D eigenvalue weighted by Crippen LogP contribution is 2.51. The van der Waals surface area contributed by atoms with E-state index in [-0.39, 0.29) is 11.2 Å². The van der Waals surface area contributed by atoms with Gasteiger partial charge in [0.2, 0.25) is 0 Å². The van der Waals surface area contributed by atoms with Gasteiger partial charge in [0.05, 0.1) is 28.4 Å². The second kappa shape index (κ2) is 8.13. The van der Waals surface area contributed by atoms with Crippen molar-refractivity contribution in [3.63, 3.8) is 0 Å². The number of benzene rings is 1. The lowest BCUT2D eigenvalue weighted by Crippen LogP contribution is -2.39. The van der Waals surface area contributed by atoms with Crippen molar-refractivity contribution in [1.82, 2.24) is 0 Å². The van der Waals surface area contributed by atoms with Crippen molar-refractivity contribution >= 4 is 17.5 Å². The summed E-state index contributed by atoms with van der Waals surface area (Å²) in [6.45, 7) is 5.91. The Morgan fingerprint density at radius 2 is 1.60 bits per heavy atom. The monoisotopic (exact) mass is 415 g/mol. The van der Waals surface area contributed by atoms with Crippen molar-refractivity contribution in [2.45, 2.75) is 39.5 Å². The van der Waals surface area contributed by atoms with Gasteiger partial charge in [-0.2, -0.15) is 0 Å². The number of hydrogen-bond acceptors (Lipinski definition) is 7. The molecule has 162 valence electrons. The van der Waals surface area contributed by atoms with Crippen molar-refractivity contribution in [3.05, 3.63) is 29.0 Å². The summed E-state index contributed by atoms with van der Waals surface area (Å²) in [5.74, 6) is -0.266. The van der Waals surface area contributed by atoms with Crippen molar-refractivity contribution < 1.29 is 28.5 Å². The molecule has 0 saturated heterocycles. The minimum Gasteiger partial charge on any atom is -0.496 e. The molecule has 7 heteroatoms. The maximum atomic E-state index is 13.3. The third kappa shape index (κ3) is 3.68. The summed E-state index contributed by atoms with van der Waals surface area (Å²) in [5.41, 5.74) is 2.38. The lowest BCUT2D eigenvalue weighted by atomic mass is 9.66. The number of aliphatic imine (C=N–C) groups is 1. The van der Waals surface area contributed by atoms with Crippen LogP contribution in [0.4, 0.5) is 0 Å². The molecule has 1 aromatic carbocycles. The van der Waals surface area contributed by atoms with Crippen LogP contribution in [-0.4, -0.2) is 45.9 Å². The molecule has 2 aliphatic rings. The van der Waals surface area contributed by atoms with Gasteiger partial charge in [-0.15, -0.1) is 0 Å². The maximum Gasteiger partial charge on any atom is 0.315 e. The highest BCUT2D eigenvalue weighted by atomic mass is 16.5. The van der Waals surface area contributed by atoms with E-state index in [1.165, 1.54) is 7.11 Å². The number of hydrogen-bond donors (Lipinski definition) is 0. The van der Waals surface area contributed by atoms with E-state index in [0.717, 1.165) is 5.70 Å². The second-order valence-electron chi connectivity index (χ2n) is 8.48. The molecule has 1 heterocycles. The Balaban J connectivity index is 2.30. The van der Waals surface area contributed by atoms with Crippen LogP contribution in [-0.2, 0) is 14.3 Å². The topological polar surface area (TPSA) is 83.4 Å². The highest BCUT2D eigenvalue weighted by Gasteiger charge is 2.47. The van der Waals surface area contributed by atoms with Crippen LogP contribution < -0.4 is 14.2 Å². The van der Waals surface area contributed by atoms with Crippen LogP contribution in [0, 0.1) is 11.3 Å². The average molecular weight is 415 g/mol. The van der Waals surface area contributed by atoms with Crippen LogP contribution in [0.1, 0.15) is 45.1 Å². The van der Waals surface area contributed by atoms with Gasteiger partial charge in [0.1, 0.15) is 11.7 Å². The van der Waals surface area contributed by atoms with Crippen LogP contribution in [0.5, 0.6) is 17.2 Å². The third-order valence-electron chi connectivity index (χ3n) is 5.83. The Labute approximate surface area is 177 Å². The molecule has 0 N–H and O–H groups in total. The summed E-state index contributed by atoms with van der Waals surface area (Å²) < 4.78 is 21.6. The molecule has 3 rings (SSSR count). The predicted molar refractivity (Wildman–Crippen MR) is 113 cm³/mol. The van der Waals surface area contributed by atoms with Gasteiger partial charge in [0.15, 0.2) is 17.3 Å². The fourth-order valence-corrected chi connectivity index (χ4v) is 4.51. The summed E-state index contributed by atoms with van der Waals surface area (Å²) in [7, 11) is 5.97. The van der Waals surface area contributed by atoms with Gasteiger partial charge in [-0.1, -0.05) is 13.8 Å². The van der Waals surface area contributed by atoms with E-state index in [4.69, 9.17) is 18.9 Å². The van der Waals surface area contributed by atoms with E-state index >= 15 is 0 Å². The molecule has 0 bridgehead atoms. The number of nitrogens with zero attached hydrogens (tertiary/aromatic N) is 1. The van der Waals surface area contributed by atoms with E-state index in [9.17, 15) is 9.59 Å². The Morgan fingerprint density at radius 3 is 2.17 bits per heavy atom. The Hall–Kier alpha value is -2.83. The van der Waals surface area contributed by atoms with Gasteiger partial charge in [-0.05, 0) is 24.8 Å². The molecule has 1 unspecified atom stereocenters. The zero-order chi connectivity index (χ0) is 22.2. The molecule has 0 amide bonds. The predicted octanol–water partition coefficient (Wildman–Crippen LogP) is 3.70.